The van der Waals surface area contributed by atoms with Crippen LogP contribution < -0.4 is 4.91 Å². The summed E-state index contributed by atoms with van der Waals surface area (Å²) < 4.78 is 0. The Labute approximate surface area is 160 Å². The third-order valence-electron chi connectivity index (χ3n) is 4.79. The number of benzene rings is 1. The number of carbonyl (C=O) groups excluding carboxylic acids is 2. The zero-order chi connectivity index (χ0) is 19.5. The topological polar surface area (TPSA) is 84.4 Å². The fourth-order valence-corrected chi connectivity index (χ4v) is 3.28. The number of carbonyl (C=O) groups is 2. The van der Waals surface area contributed by atoms with Gasteiger partial charge in [0.1, 0.15) is 5.53 Å². The minimum Gasteiger partial charge on any atom is -0.288 e. The highest BCUT2D eigenvalue weighted by atomic mass is 16.1. The highest BCUT2D eigenvalue weighted by Gasteiger charge is 2.33. The van der Waals surface area contributed by atoms with Gasteiger partial charge >= 0.3 is 0 Å². The second kappa shape index (κ2) is 11.1. The van der Waals surface area contributed by atoms with Gasteiger partial charge in [-0.2, -0.15) is 0 Å². The molecular weight excluding hydrogens is 338 g/mol. The molecule has 0 unspecified atom stereocenters. The molecule has 5 heteroatoms. The average molecular weight is 366 g/mol. The van der Waals surface area contributed by atoms with E-state index < -0.39 is 0 Å². The Hall–Kier alpha value is -2.65. The smallest absolute Gasteiger partial charge is 0.220 e. The van der Waals surface area contributed by atoms with Gasteiger partial charge in [-0.05, 0) is 12.8 Å². The number of Topliss-reactive ketones (excluding diaryl/α,β-unsaturated/α-hetero) is 2. The van der Waals surface area contributed by atoms with E-state index in [0.717, 1.165) is 12.8 Å². The Kier molecular flexibility index (Phi) is 8.53. The summed E-state index contributed by atoms with van der Waals surface area (Å²) in [5.74, 6) is -0.590. The Balaban J connectivity index is 1.94. The molecule has 0 aromatic heterocycles. The molecule has 142 valence electrons. The van der Waals surface area contributed by atoms with Crippen molar-refractivity contribution in [2.75, 3.05) is 0 Å². The van der Waals surface area contributed by atoms with Crippen LogP contribution in [0.15, 0.2) is 52.8 Å². The van der Waals surface area contributed by atoms with Crippen molar-refractivity contribution in [1.29, 1.82) is 5.53 Å². The van der Waals surface area contributed by atoms with Crippen LogP contribution in [0.5, 0.6) is 0 Å². The van der Waals surface area contributed by atoms with Gasteiger partial charge in [0.05, 0.1) is 5.57 Å². The van der Waals surface area contributed by atoms with Crippen molar-refractivity contribution in [1.82, 2.24) is 4.91 Å². The van der Waals surface area contributed by atoms with E-state index in [1.807, 2.05) is 6.08 Å². The van der Waals surface area contributed by atoms with Gasteiger partial charge in [0.15, 0.2) is 10.9 Å². The summed E-state index contributed by atoms with van der Waals surface area (Å²) in [5, 5.41) is 3.61. The summed E-state index contributed by atoms with van der Waals surface area (Å²) in [6, 6.07) is 6.71. The lowest BCUT2D eigenvalue weighted by molar-refractivity contribution is 0.0975. The number of hydrogen-bond acceptors (Lipinski definition) is 4. The van der Waals surface area contributed by atoms with Crippen LogP contribution in [0.3, 0.4) is 0 Å². The predicted molar refractivity (Wildman–Crippen MR) is 106 cm³/mol. The molecule has 1 aromatic carbocycles. The zero-order valence-corrected chi connectivity index (χ0v) is 16.0. The number of unbranched alkanes of at least 4 members (excludes halogenated alkanes) is 8. The normalized spacial score (nSPS) is 13.8. The van der Waals surface area contributed by atoms with Crippen LogP contribution in [0.4, 0.5) is 0 Å². The van der Waals surface area contributed by atoms with Gasteiger partial charge < -0.3 is 0 Å². The Bertz CT molecular complexity index is 787. The molecule has 1 N–H and O–H groups in total. The van der Waals surface area contributed by atoms with Gasteiger partial charge in [-0.25, -0.2) is 0 Å². The number of nitrogens with one attached hydrogen (secondary N) is 1. The summed E-state index contributed by atoms with van der Waals surface area (Å²) in [7, 11) is 0. The Morgan fingerprint density at radius 1 is 0.926 bits per heavy atom. The summed E-state index contributed by atoms with van der Waals surface area (Å²) in [4.78, 5) is 28.3. The van der Waals surface area contributed by atoms with Crippen molar-refractivity contribution in [3.63, 3.8) is 0 Å². The lowest BCUT2D eigenvalue weighted by Crippen LogP contribution is -2.20. The molecule has 27 heavy (non-hydrogen) atoms. The summed E-state index contributed by atoms with van der Waals surface area (Å²) in [5.41, 5.74) is 7.86. The van der Waals surface area contributed by atoms with Crippen LogP contribution >= 0.6 is 0 Å². The van der Waals surface area contributed by atoms with Crippen molar-refractivity contribution in [2.24, 2.45) is 5.11 Å². The summed E-state index contributed by atoms with van der Waals surface area (Å²) in [6.07, 6.45) is 14.4. The Morgan fingerprint density at radius 2 is 1.52 bits per heavy atom. The fourth-order valence-electron chi connectivity index (χ4n) is 3.28. The fraction of sp³-hybridized carbons (Fsp3) is 0.455. The summed E-state index contributed by atoms with van der Waals surface area (Å²) >= 11 is 0. The maximum Gasteiger partial charge on any atom is 0.220 e. The third kappa shape index (κ3) is 5.66. The van der Waals surface area contributed by atoms with Crippen LogP contribution in [-0.2, 0) is 0 Å². The first-order valence-electron chi connectivity index (χ1n) is 9.87. The highest BCUT2D eigenvalue weighted by Crippen LogP contribution is 2.27. The minimum absolute atomic E-state index is 0.0409. The quantitative estimate of drug-likeness (QED) is 0.298. The van der Waals surface area contributed by atoms with E-state index in [1.165, 1.54) is 44.9 Å². The first-order chi connectivity index (χ1) is 13.2. The van der Waals surface area contributed by atoms with Gasteiger partial charge in [0.25, 0.3) is 0 Å². The molecular formula is C22H28N3O2+. The lowest BCUT2D eigenvalue weighted by Gasteiger charge is -2.13. The lowest BCUT2D eigenvalue weighted by atomic mass is 9.87. The molecule has 0 radical (unpaired) electrons. The van der Waals surface area contributed by atoms with Crippen molar-refractivity contribution in [3.8, 4) is 0 Å². The molecule has 0 heterocycles. The molecule has 0 spiro atoms. The molecule has 0 fully saturated rings. The first kappa shape index (κ1) is 20.7. The number of ketones is 2. The van der Waals surface area contributed by atoms with E-state index >= 15 is 0 Å². The molecule has 5 nitrogen and oxygen atoms in total. The maximum absolute atomic E-state index is 12.7. The predicted octanol–water partition coefficient (Wildman–Crippen LogP) is 5.96. The molecule has 1 aliphatic carbocycles. The standard InChI is InChI=1S/C22H28N3O2/c1-2-3-4-5-6-7-8-9-10-11-16-19-20(24-25-23)22(27)18-15-13-12-14-17(18)21(19)26/h11-16,23H,2-10H2,1H3/q+1/b16-11+. The molecule has 1 aromatic rings. The Morgan fingerprint density at radius 3 is 2.15 bits per heavy atom. The molecule has 0 amide bonds. The SMILES string of the molecule is CCCCCCCCCC/C=C/C1=C(N=[N+]=N)C(=O)c2ccccc2C1=O. The van der Waals surface area contributed by atoms with E-state index in [1.54, 1.807) is 30.3 Å². The highest BCUT2D eigenvalue weighted by molar-refractivity contribution is 6.27. The van der Waals surface area contributed by atoms with Gasteiger partial charge in [-0.15, -0.1) is 0 Å². The van der Waals surface area contributed by atoms with Crippen molar-refractivity contribution >= 4 is 11.6 Å². The molecule has 2 rings (SSSR count). The molecule has 0 saturated carbocycles. The number of allylic oxidation sites excluding steroid dienone is 4. The van der Waals surface area contributed by atoms with Crippen molar-refractivity contribution in [2.45, 2.75) is 64.7 Å². The average Bonchev–Trinajstić information content (AvgIpc) is 2.69. The van der Waals surface area contributed by atoms with Crippen LogP contribution in [0.2, 0.25) is 0 Å². The second-order valence-corrected chi connectivity index (χ2v) is 6.83. The van der Waals surface area contributed by atoms with Gasteiger partial charge in [0, 0.05) is 11.1 Å². The van der Waals surface area contributed by atoms with Crippen LogP contribution in [0.25, 0.3) is 0 Å². The van der Waals surface area contributed by atoms with Gasteiger partial charge in [-0.1, -0.05) is 88.3 Å². The molecule has 0 bridgehead atoms. The van der Waals surface area contributed by atoms with E-state index in [0.29, 0.717) is 11.1 Å². The number of rotatable bonds is 11. The number of nitrogens with zero attached hydrogens (tertiary/aromatic N) is 2. The van der Waals surface area contributed by atoms with Gasteiger partial charge in [0.2, 0.25) is 16.4 Å². The van der Waals surface area contributed by atoms with Crippen LogP contribution in [0.1, 0.15) is 85.4 Å². The molecule has 0 saturated heterocycles. The number of hydrogen-bond donors (Lipinski definition) is 1. The largest absolute Gasteiger partial charge is 0.288 e. The van der Waals surface area contributed by atoms with Crippen molar-refractivity contribution in [3.05, 3.63) is 58.8 Å². The second-order valence-electron chi connectivity index (χ2n) is 6.83. The molecule has 1 aliphatic rings. The van der Waals surface area contributed by atoms with Gasteiger partial charge in [-0.3, -0.25) is 9.59 Å². The molecule has 0 aliphatic heterocycles. The minimum atomic E-state index is -0.354. The van der Waals surface area contributed by atoms with Crippen LogP contribution in [-0.4, -0.2) is 11.6 Å². The maximum atomic E-state index is 12.7. The van der Waals surface area contributed by atoms with E-state index in [4.69, 9.17) is 5.53 Å². The third-order valence-corrected chi connectivity index (χ3v) is 4.79. The van der Waals surface area contributed by atoms with E-state index in [-0.39, 0.29) is 22.8 Å². The van der Waals surface area contributed by atoms with Crippen LogP contribution in [0, 0.1) is 5.53 Å². The number of fused-ring (bicyclic) bond motifs is 1. The van der Waals surface area contributed by atoms with Crippen molar-refractivity contribution < 1.29 is 9.59 Å². The van der Waals surface area contributed by atoms with E-state index in [2.05, 4.69) is 16.9 Å². The summed E-state index contributed by atoms with van der Waals surface area (Å²) in [6.45, 7) is 2.22. The van der Waals surface area contributed by atoms with E-state index in [9.17, 15) is 9.59 Å². The first-order valence-corrected chi connectivity index (χ1v) is 9.87. The monoisotopic (exact) mass is 366 g/mol. The zero-order valence-electron chi connectivity index (χ0n) is 16.0. The molecule has 0 atom stereocenters.